The fraction of sp³-hybridized carbons (Fsp3) is 0.647. The maximum absolute atomic E-state index is 13.5. The van der Waals surface area contributed by atoms with Crippen molar-refractivity contribution in [2.45, 2.75) is 78.2 Å². The first-order valence-electron chi connectivity index (χ1n) is 18.0. The zero-order valence-electron chi connectivity index (χ0n) is 31.0. The van der Waals surface area contributed by atoms with E-state index in [0.717, 1.165) is 68.7 Å². The van der Waals surface area contributed by atoms with Gasteiger partial charge in [-0.1, -0.05) is 29.3 Å². The molecule has 5 aliphatic heterocycles. The first-order valence-corrected chi connectivity index (χ1v) is 23.7. The Morgan fingerprint density at radius 1 is 0.774 bits per heavy atom. The molecule has 2 aromatic rings. The Labute approximate surface area is 325 Å². The number of halogens is 2. The summed E-state index contributed by atoms with van der Waals surface area (Å²) < 4.78 is 77.4. The third kappa shape index (κ3) is 12.0. The number of hydrogen-bond donors (Lipinski definition) is 2. The highest BCUT2D eigenvalue weighted by Crippen LogP contribution is 2.41. The van der Waals surface area contributed by atoms with E-state index in [4.69, 9.17) is 23.2 Å². The minimum absolute atomic E-state index is 0.290. The molecule has 5 aliphatic rings. The van der Waals surface area contributed by atoms with Gasteiger partial charge >= 0.3 is 0 Å². The second-order valence-electron chi connectivity index (χ2n) is 13.8. The highest BCUT2D eigenvalue weighted by atomic mass is 35.5. The topological polar surface area (TPSA) is 171 Å². The molecule has 0 bridgehead atoms. The predicted molar refractivity (Wildman–Crippen MR) is 211 cm³/mol. The fourth-order valence-electron chi connectivity index (χ4n) is 6.71. The number of ketones is 1. The third-order valence-electron chi connectivity index (χ3n) is 9.31. The Balaban J connectivity index is 0.000000197. The highest BCUT2D eigenvalue weighted by molar-refractivity contribution is 7.93. The number of aromatic nitrogens is 2. The van der Waals surface area contributed by atoms with Crippen LogP contribution in [0.1, 0.15) is 82.5 Å². The Morgan fingerprint density at radius 3 is 1.75 bits per heavy atom. The second-order valence-corrected chi connectivity index (χ2v) is 20.5. The van der Waals surface area contributed by atoms with Crippen LogP contribution in [-0.4, -0.2) is 118 Å². The SMILES string of the molecule is C1CCNC1.CC(=O)CS(=O)(=O)N1CCCC1.CC1=C(S(=O)(=O)N2CCCC2)C(c2ccc(Cl)c(Cl)c2)n2nc(C)cc2N1.CS(=O)(=O)N1CCCC1. The zero-order chi connectivity index (χ0) is 39.0. The van der Waals surface area contributed by atoms with Crippen LogP contribution in [0.25, 0.3) is 0 Å². The molecule has 0 aliphatic carbocycles. The van der Waals surface area contributed by atoms with Crippen molar-refractivity contribution in [3.05, 3.63) is 56.2 Å². The minimum atomic E-state index is -3.65. The van der Waals surface area contributed by atoms with Crippen LogP contribution >= 0.6 is 23.2 Å². The number of carbonyl (C=O) groups excluding carboxylic acids is 1. The van der Waals surface area contributed by atoms with Gasteiger partial charge in [-0.2, -0.15) is 9.40 Å². The van der Waals surface area contributed by atoms with Gasteiger partial charge in [0.1, 0.15) is 28.3 Å². The molecule has 0 radical (unpaired) electrons. The number of sulfonamides is 3. The van der Waals surface area contributed by atoms with Crippen LogP contribution in [0.4, 0.5) is 5.82 Å². The number of benzene rings is 1. The smallest absolute Gasteiger partial charge is 0.243 e. The highest BCUT2D eigenvalue weighted by Gasteiger charge is 2.40. The van der Waals surface area contributed by atoms with Gasteiger partial charge in [-0.05, 0) is 103 Å². The average Bonchev–Trinajstić information content (AvgIpc) is 3.91. The molecular formula is C34H53Cl2N7O7S3. The van der Waals surface area contributed by atoms with E-state index in [-0.39, 0.29) is 11.5 Å². The van der Waals surface area contributed by atoms with E-state index in [9.17, 15) is 30.0 Å². The Bertz CT molecular complexity index is 1930. The van der Waals surface area contributed by atoms with Crippen molar-refractivity contribution in [2.24, 2.45) is 0 Å². The first kappa shape index (κ1) is 43.6. The van der Waals surface area contributed by atoms with Crippen molar-refractivity contribution in [3.8, 4) is 0 Å². The minimum Gasteiger partial charge on any atom is -0.343 e. The summed E-state index contributed by atoms with van der Waals surface area (Å²) in [7, 11) is -9.80. The average molecular weight is 839 g/mol. The van der Waals surface area contributed by atoms with Gasteiger partial charge in [-0.3, -0.25) is 4.79 Å². The molecule has 53 heavy (non-hydrogen) atoms. The Hall–Kier alpha value is -2.09. The summed E-state index contributed by atoms with van der Waals surface area (Å²) in [5.41, 5.74) is 2.13. The number of carbonyl (C=O) groups is 1. The largest absolute Gasteiger partial charge is 0.343 e. The number of anilines is 1. The van der Waals surface area contributed by atoms with Crippen molar-refractivity contribution >= 4 is 64.9 Å². The summed E-state index contributed by atoms with van der Waals surface area (Å²) in [5, 5.41) is 11.8. The molecule has 0 amide bonds. The summed E-state index contributed by atoms with van der Waals surface area (Å²) in [4.78, 5) is 10.9. The summed E-state index contributed by atoms with van der Waals surface area (Å²) >= 11 is 12.3. The molecule has 19 heteroatoms. The van der Waals surface area contributed by atoms with Crippen LogP contribution < -0.4 is 10.6 Å². The molecular weight excluding hydrogens is 786 g/mol. The maximum Gasteiger partial charge on any atom is 0.243 e. The number of nitrogens with zero attached hydrogens (tertiary/aromatic N) is 5. The van der Waals surface area contributed by atoms with Crippen LogP contribution in [0.3, 0.4) is 0 Å². The van der Waals surface area contributed by atoms with Gasteiger partial charge in [0, 0.05) is 51.0 Å². The quantitative estimate of drug-likeness (QED) is 0.403. The lowest BCUT2D eigenvalue weighted by atomic mass is 10.0. The molecule has 1 aromatic carbocycles. The van der Waals surface area contributed by atoms with Gasteiger partial charge < -0.3 is 10.6 Å². The van der Waals surface area contributed by atoms with E-state index >= 15 is 0 Å². The number of fused-ring (bicyclic) bond motifs is 1. The molecule has 0 spiro atoms. The van der Waals surface area contributed by atoms with Crippen LogP contribution in [-0.2, 0) is 34.9 Å². The van der Waals surface area contributed by atoms with E-state index in [1.54, 1.807) is 34.1 Å². The van der Waals surface area contributed by atoms with Crippen molar-refractivity contribution in [2.75, 3.05) is 69.7 Å². The molecule has 1 aromatic heterocycles. The van der Waals surface area contributed by atoms with Gasteiger partial charge in [0.25, 0.3) is 0 Å². The van der Waals surface area contributed by atoms with Gasteiger partial charge in [-0.15, -0.1) is 0 Å². The Kier molecular flexibility index (Phi) is 15.8. The predicted octanol–water partition coefficient (Wildman–Crippen LogP) is 4.58. The van der Waals surface area contributed by atoms with Crippen molar-refractivity contribution < 1.29 is 30.0 Å². The number of Topliss-reactive ketones (excluding diaryl/α,β-unsaturated/α-hetero) is 1. The Morgan fingerprint density at radius 2 is 1.30 bits per heavy atom. The molecule has 4 saturated heterocycles. The molecule has 14 nitrogen and oxygen atoms in total. The molecule has 0 saturated carbocycles. The normalized spacial score (nSPS) is 21.1. The van der Waals surface area contributed by atoms with Crippen molar-refractivity contribution in [1.29, 1.82) is 0 Å². The van der Waals surface area contributed by atoms with Crippen LogP contribution in [0, 0.1) is 6.92 Å². The van der Waals surface area contributed by atoms with Gasteiger partial charge in [0.2, 0.25) is 30.1 Å². The third-order valence-corrected chi connectivity index (χ3v) is 15.4. The van der Waals surface area contributed by atoms with Crippen LogP contribution in [0.2, 0.25) is 10.0 Å². The molecule has 298 valence electrons. The second kappa shape index (κ2) is 19.2. The lowest BCUT2D eigenvalue weighted by molar-refractivity contribution is -0.114. The lowest BCUT2D eigenvalue weighted by Gasteiger charge is -2.32. The molecule has 1 unspecified atom stereocenters. The maximum atomic E-state index is 13.5. The number of allylic oxidation sites excluding steroid dienone is 2. The number of rotatable bonds is 7. The van der Waals surface area contributed by atoms with E-state index in [0.29, 0.717) is 46.8 Å². The number of hydrogen-bond acceptors (Lipinski definition) is 10. The molecule has 7 rings (SSSR count). The van der Waals surface area contributed by atoms with E-state index in [1.807, 2.05) is 13.0 Å². The number of aryl methyl sites for hydroxylation is 1. The molecule has 1 atom stereocenters. The lowest BCUT2D eigenvalue weighted by Crippen LogP contribution is -2.36. The van der Waals surface area contributed by atoms with E-state index in [1.165, 1.54) is 47.7 Å². The standard InChI is InChI=1S/C18H20Cl2N4O2S.C7H13NO3S.C5H11NO2S.C4H9N/c1-11-9-16-21-12(2)18(27(25,26)23-7-3-4-8-23)17(24(16)22-11)13-5-6-14(19)15(20)10-13;1-7(9)6-12(10,11)8-4-2-3-5-8;1-9(7,8)6-4-2-3-5-6;1-2-4-5-3-1/h5-6,9-10,17,21H,3-4,7-8H2,1-2H3;2-6H2,1H3;2-5H2,1H3;5H,1-4H2. The molecule has 2 N–H and O–H groups in total. The van der Waals surface area contributed by atoms with Gasteiger partial charge in [0.15, 0.2) is 0 Å². The number of nitrogens with one attached hydrogen (secondary N) is 2. The molecule has 4 fully saturated rings. The summed E-state index contributed by atoms with van der Waals surface area (Å²) in [5.74, 6) is 0.121. The van der Waals surface area contributed by atoms with Gasteiger partial charge in [0.05, 0.1) is 22.0 Å². The zero-order valence-corrected chi connectivity index (χ0v) is 34.9. The van der Waals surface area contributed by atoms with Crippen molar-refractivity contribution in [3.63, 3.8) is 0 Å². The fourth-order valence-corrected chi connectivity index (χ4v) is 11.4. The van der Waals surface area contributed by atoms with Crippen LogP contribution in [0.5, 0.6) is 0 Å². The van der Waals surface area contributed by atoms with Crippen molar-refractivity contribution in [1.82, 2.24) is 28.0 Å². The monoisotopic (exact) mass is 837 g/mol. The van der Waals surface area contributed by atoms with E-state index < -0.39 is 36.1 Å². The summed E-state index contributed by atoms with van der Waals surface area (Å²) in [6, 6.07) is 6.50. The molecule has 6 heterocycles. The van der Waals surface area contributed by atoms with Crippen LogP contribution in [0.15, 0.2) is 34.9 Å². The van der Waals surface area contributed by atoms with Gasteiger partial charge in [-0.25, -0.2) is 38.5 Å². The van der Waals surface area contributed by atoms with E-state index in [2.05, 4.69) is 15.7 Å². The summed E-state index contributed by atoms with van der Waals surface area (Å²) in [6.45, 7) is 11.1. The first-order chi connectivity index (χ1) is 24.9. The summed E-state index contributed by atoms with van der Waals surface area (Å²) in [6.07, 6.45) is 9.66.